The largest absolute Gasteiger partial charge is 0.354 e. The number of aryl methyl sites for hydroxylation is 1. The smallest absolute Gasteiger partial charge is 0.234 e. The Morgan fingerprint density at radius 3 is 2.82 bits per heavy atom. The van der Waals surface area contributed by atoms with Gasteiger partial charge in [0, 0.05) is 38.0 Å². The summed E-state index contributed by atoms with van der Waals surface area (Å²) < 4.78 is 30.5. The summed E-state index contributed by atoms with van der Waals surface area (Å²) in [5.41, 5.74) is 1.02. The molecule has 1 N–H and O–H groups in total. The fourth-order valence-corrected chi connectivity index (χ4v) is 3.39. The van der Waals surface area contributed by atoms with Crippen molar-refractivity contribution < 1.29 is 13.6 Å². The number of halogens is 2. The molecular weight excluding hydrogens is 384 g/mol. The van der Waals surface area contributed by atoms with Gasteiger partial charge in [-0.25, -0.2) is 8.78 Å². The summed E-state index contributed by atoms with van der Waals surface area (Å²) in [4.78, 5) is 12.1. The van der Waals surface area contributed by atoms with Crippen LogP contribution >= 0.6 is 11.8 Å². The number of amides is 1. The van der Waals surface area contributed by atoms with E-state index >= 15 is 0 Å². The Morgan fingerprint density at radius 2 is 2.14 bits per heavy atom. The zero-order valence-electron chi connectivity index (χ0n) is 15.2. The topological polar surface area (TPSA) is 64.7 Å². The third-order valence-corrected chi connectivity index (χ3v) is 5.00. The molecule has 0 aliphatic rings. The maximum Gasteiger partial charge on any atom is 0.234 e. The Morgan fingerprint density at radius 1 is 1.32 bits per heavy atom. The van der Waals surface area contributed by atoms with Crippen molar-refractivity contribution in [1.82, 2.24) is 19.3 Å². The van der Waals surface area contributed by atoms with Crippen LogP contribution in [-0.2, 0) is 24.8 Å². The number of hydrogen-bond donors (Lipinski definition) is 1. The highest BCUT2D eigenvalue weighted by atomic mass is 32.2. The first kappa shape index (κ1) is 19.8. The summed E-state index contributed by atoms with van der Waals surface area (Å²) in [5.74, 6) is -1.18. The van der Waals surface area contributed by atoms with E-state index in [2.05, 4.69) is 22.1 Å². The number of anilines is 1. The van der Waals surface area contributed by atoms with Crippen LogP contribution in [0.15, 0.2) is 54.3 Å². The third kappa shape index (κ3) is 4.66. The van der Waals surface area contributed by atoms with Gasteiger partial charge >= 0.3 is 0 Å². The summed E-state index contributed by atoms with van der Waals surface area (Å²) >= 11 is 1.19. The summed E-state index contributed by atoms with van der Waals surface area (Å²) in [7, 11) is 1.96. The molecular formula is C19H19F2N5OS. The number of thioether (sulfide) groups is 1. The molecule has 0 aliphatic carbocycles. The van der Waals surface area contributed by atoms with Crippen LogP contribution in [0.2, 0.25) is 0 Å². The second-order valence-corrected chi connectivity index (χ2v) is 6.99. The first-order valence-corrected chi connectivity index (χ1v) is 9.47. The molecule has 0 spiro atoms. The number of carbonyl (C=O) groups excluding carboxylic acids is 1. The monoisotopic (exact) mass is 403 g/mol. The fourth-order valence-electron chi connectivity index (χ4n) is 2.62. The molecule has 2 heterocycles. The lowest BCUT2D eigenvalue weighted by Crippen LogP contribution is -2.16. The van der Waals surface area contributed by atoms with Gasteiger partial charge < -0.3 is 14.5 Å². The van der Waals surface area contributed by atoms with E-state index in [4.69, 9.17) is 0 Å². The van der Waals surface area contributed by atoms with Crippen molar-refractivity contribution in [1.29, 1.82) is 0 Å². The van der Waals surface area contributed by atoms with Gasteiger partial charge in [-0.1, -0.05) is 17.8 Å². The Bertz CT molecular complexity index is 998. The molecule has 0 unspecified atom stereocenters. The first-order valence-electron chi connectivity index (χ1n) is 8.49. The van der Waals surface area contributed by atoms with Crippen LogP contribution < -0.4 is 5.32 Å². The minimum Gasteiger partial charge on any atom is -0.354 e. The molecule has 3 aromatic rings. The van der Waals surface area contributed by atoms with E-state index in [0.29, 0.717) is 18.1 Å². The molecule has 28 heavy (non-hydrogen) atoms. The second-order valence-electron chi connectivity index (χ2n) is 6.05. The van der Waals surface area contributed by atoms with Crippen LogP contribution in [0.1, 0.15) is 11.5 Å². The Hall–Kier alpha value is -2.94. The van der Waals surface area contributed by atoms with E-state index in [9.17, 15) is 13.6 Å². The summed E-state index contributed by atoms with van der Waals surface area (Å²) in [6.07, 6.45) is 4.28. The van der Waals surface area contributed by atoms with E-state index in [1.54, 1.807) is 6.08 Å². The van der Waals surface area contributed by atoms with Crippen LogP contribution in [0.4, 0.5) is 14.5 Å². The number of rotatable bonds is 8. The van der Waals surface area contributed by atoms with Crippen LogP contribution in [0.25, 0.3) is 0 Å². The van der Waals surface area contributed by atoms with E-state index in [1.165, 1.54) is 17.8 Å². The quantitative estimate of drug-likeness (QED) is 0.463. The number of nitrogens with zero attached hydrogens (tertiary/aromatic N) is 4. The lowest BCUT2D eigenvalue weighted by molar-refractivity contribution is -0.113. The summed E-state index contributed by atoms with van der Waals surface area (Å²) in [5, 5.41) is 11.4. The van der Waals surface area contributed by atoms with Gasteiger partial charge in [0.2, 0.25) is 5.91 Å². The number of allylic oxidation sites excluding steroid dienone is 1. The highest BCUT2D eigenvalue weighted by Crippen LogP contribution is 2.20. The van der Waals surface area contributed by atoms with Crippen LogP contribution in [0.3, 0.4) is 0 Å². The molecule has 6 nitrogen and oxygen atoms in total. The zero-order valence-corrected chi connectivity index (χ0v) is 16.0. The van der Waals surface area contributed by atoms with Crippen molar-refractivity contribution >= 4 is 23.4 Å². The third-order valence-electron chi connectivity index (χ3n) is 4.03. The standard InChI is InChI=1S/C19H19F2N5OS/c1-3-8-26-17(11-14-5-4-9-25(14)2)23-24-19(26)28-12-18(27)22-16-7-6-13(20)10-15(16)21/h3-7,9-10H,1,8,11-12H2,2H3,(H,22,27). The lowest BCUT2D eigenvalue weighted by atomic mass is 10.3. The van der Waals surface area contributed by atoms with Gasteiger partial charge in [0.25, 0.3) is 0 Å². The molecule has 0 saturated heterocycles. The highest BCUT2D eigenvalue weighted by Gasteiger charge is 2.15. The van der Waals surface area contributed by atoms with E-state index in [1.807, 2.05) is 34.5 Å². The maximum absolute atomic E-state index is 13.7. The van der Waals surface area contributed by atoms with Gasteiger partial charge in [-0.2, -0.15) is 0 Å². The average molecular weight is 403 g/mol. The Kier molecular flexibility index (Phi) is 6.25. The molecule has 1 amide bonds. The van der Waals surface area contributed by atoms with Crippen molar-refractivity contribution in [3.63, 3.8) is 0 Å². The summed E-state index contributed by atoms with van der Waals surface area (Å²) in [6.45, 7) is 4.26. The van der Waals surface area contributed by atoms with Gasteiger partial charge in [-0.3, -0.25) is 4.79 Å². The maximum atomic E-state index is 13.7. The Balaban J connectivity index is 1.67. The minimum absolute atomic E-state index is 0.0102. The number of nitrogens with one attached hydrogen (secondary N) is 1. The minimum atomic E-state index is -0.821. The van der Waals surface area contributed by atoms with Crippen molar-refractivity contribution in [3.8, 4) is 0 Å². The molecule has 1 aromatic carbocycles. The molecule has 0 atom stereocenters. The van der Waals surface area contributed by atoms with Crippen molar-refractivity contribution in [2.24, 2.45) is 7.05 Å². The predicted octanol–water partition coefficient (Wildman–Crippen LogP) is 3.40. The first-order chi connectivity index (χ1) is 13.5. The SMILES string of the molecule is C=CCn1c(Cc2cccn2C)nnc1SCC(=O)Nc1ccc(F)cc1F. The molecule has 146 valence electrons. The van der Waals surface area contributed by atoms with Crippen molar-refractivity contribution in [2.75, 3.05) is 11.1 Å². The van der Waals surface area contributed by atoms with E-state index in [0.717, 1.165) is 23.7 Å². The predicted molar refractivity (Wildman–Crippen MR) is 104 cm³/mol. The molecule has 2 aromatic heterocycles. The highest BCUT2D eigenvalue weighted by molar-refractivity contribution is 7.99. The van der Waals surface area contributed by atoms with Gasteiger partial charge in [0.15, 0.2) is 5.16 Å². The number of benzene rings is 1. The van der Waals surface area contributed by atoms with Crippen molar-refractivity contribution in [3.05, 3.63) is 72.3 Å². The van der Waals surface area contributed by atoms with Crippen LogP contribution in [0.5, 0.6) is 0 Å². The van der Waals surface area contributed by atoms with Gasteiger partial charge in [-0.05, 0) is 24.3 Å². The molecule has 3 rings (SSSR count). The van der Waals surface area contributed by atoms with Crippen molar-refractivity contribution in [2.45, 2.75) is 18.1 Å². The average Bonchev–Trinajstić information content (AvgIpc) is 3.23. The molecule has 0 fully saturated rings. The van der Waals surface area contributed by atoms with E-state index in [-0.39, 0.29) is 11.4 Å². The molecule has 0 aliphatic heterocycles. The molecule has 9 heteroatoms. The molecule has 0 saturated carbocycles. The Labute approximate surface area is 165 Å². The van der Waals surface area contributed by atoms with Gasteiger partial charge in [0.1, 0.15) is 17.5 Å². The second kappa shape index (κ2) is 8.83. The normalized spacial score (nSPS) is 10.8. The van der Waals surface area contributed by atoms with Gasteiger partial charge in [-0.15, -0.1) is 16.8 Å². The van der Waals surface area contributed by atoms with Gasteiger partial charge in [0.05, 0.1) is 11.4 Å². The van der Waals surface area contributed by atoms with Crippen LogP contribution in [0, 0.1) is 11.6 Å². The molecule has 0 radical (unpaired) electrons. The molecule has 0 bridgehead atoms. The lowest BCUT2D eigenvalue weighted by Gasteiger charge is -2.09. The van der Waals surface area contributed by atoms with Crippen LogP contribution in [-0.4, -0.2) is 31.0 Å². The zero-order chi connectivity index (χ0) is 20.1. The summed E-state index contributed by atoms with van der Waals surface area (Å²) in [6, 6.07) is 6.95. The van der Waals surface area contributed by atoms with E-state index < -0.39 is 17.5 Å². The fraction of sp³-hybridized carbons (Fsp3) is 0.211. The number of carbonyl (C=O) groups is 1. The number of hydrogen-bond acceptors (Lipinski definition) is 4. The number of aromatic nitrogens is 4.